The van der Waals surface area contributed by atoms with Gasteiger partial charge in [-0.25, -0.2) is 0 Å². The number of carbonyl (C=O) groups is 2. The Bertz CT molecular complexity index is 1170. The molecule has 1 aliphatic heterocycles. The van der Waals surface area contributed by atoms with Crippen LogP contribution in [-0.2, 0) is 0 Å². The van der Waals surface area contributed by atoms with Gasteiger partial charge in [0.1, 0.15) is 17.2 Å². The molecular formula is C27H29N3O5. The Hall–Kier alpha value is -4.20. The lowest BCUT2D eigenvalue weighted by atomic mass is 10.1. The molecule has 0 saturated carbocycles. The van der Waals surface area contributed by atoms with Gasteiger partial charge in [0, 0.05) is 54.7 Å². The number of nitrogens with zero attached hydrogens (tertiary/aromatic N) is 2. The van der Waals surface area contributed by atoms with Crippen molar-refractivity contribution in [1.82, 2.24) is 4.90 Å². The van der Waals surface area contributed by atoms with Crippen LogP contribution in [0.5, 0.6) is 17.2 Å². The summed E-state index contributed by atoms with van der Waals surface area (Å²) in [6.07, 6.45) is 0. The molecule has 1 fully saturated rings. The molecule has 3 aromatic carbocycles. The zero-order valence-electron chi connectivity index (χ0n) is 20.1. The van der Waals surface area contributed by atoms with Crippen LogP contribution in [0.3, 0.4) is 0 Å². The number of ether oxygens (including phenoxy) is 3. The first-order chi connectivity index (χ1) is 17.0. The number of nitrogens with one attached hydrogen (secondary N) is 1. The SMILES string of the molecule is COc1cccc(C(=O)Nc2ccc(N3CCN(C(=O)c4cc(OC)cc(OC)c4)CC3)cc2)c1. The molecule has 0 aliphatic carbocycles. The number of hydrogen-bond donors (Lipinski definition) is 1. The maximum atomic E-state index is 13.0. The van der Waals surface area contributed by atoms with Crippen LogP contribution in [0.25, 0.3) is 0 Å². The van der Waals surface area contributed by atoms with E-state index in [0.717, 1.165) is 5.69 Å². The maximum Gasteiger partial charge on any atom is 0.255 e. The number of anilines is 2. The van der Waals surface area contributed by atoms with E-state index in [1.165, 1.54) is 0 Å². The van der Waals surface area contributed by atoms with E-state index in [4.69, 9.17) is 14.2 Å². The molecule has 0 spiro atoms. The molecule has 0 unspecified atom stereocenters. The van der Waals surface area contributed by atoms with Gasteiger partial charge in [0.15, 0.2) is 0 Å². The van der Waals surface area contributed by atoms with Gasteiger partial charge < -0.3 is 29.3 Å². The molecule has 8 nitrogen and oxygen atoms in total. The lowest BCUT2D eigenvalue weighted by Gasteiger charge is -2.36. The van der Waals surface area contributed by atoms with E-state index in [0.29, 0.717) is 60.2 Å². The van der Waals surface area contributed by atoms with Gasteiger partial charge in [0.05, 0.1) is 21.3 Å². The Labute approximate surface area is 205 Å². The fraction of sp³-hybridized carbons (Fsp3) is 0.259. The molecule has 1 heterocycles. The molecule has 1 aliphatic rings. The highest BCUT2D eigenvalue weighted by Gasteiger charge is 2.23. The van der Waals surface area contributed by atoms with Crippen molar-refractivity contribution in [3.05, 3.63) is 77.9 Å². The second-order valence-corrected chi connectivity index (χ2v) is 8.11. The van der Waals surface area contributed by atoms with Gasteiger partial charge in [0.25, 0.3) is 11.8 Å². The van der Waals surface area contributed by atoms with Crippen LogP contribution in [0.4, 0.5) is 11.4 Å². The fourth-order valence-electron chi connectivity index (χ4n) is 4.00. The standard InChI is InChI=1S/C27H29N3O5/c1-33-23-6-4-5-19(15-23)26(31)28-21-7-9-22(10-8-21)29-11-13-30(14-12-29)27(32)20-16-24(34-2)18-25(17-20)35-3/h4-10,15-18H,11-14H2,1-3H3,(H,28,31). The molecule has 0 radical (unpaired) electrons. The van der Waals surface area contributed by atoms with Crippen LogP contribution < -0.4 is 24.4 Å². The van der Waals surface area contributed by atoms with Crippen molar-refractivity contribution in [2.45, 2.75) is 0 Å². The molecule has 3 aromatic rings. The minimum absolute atomic E-state index is 0.0440. The average Bonchev–Trinajstić information content (AvgIpc) is 2.92. The summed E-state index contributed by atoms with van der Waals surface area (Å²) in [5.74, 6) is 1.57. The predicted molar refractivity (Wildman–Crippen MR) is 135 cm³/mol. The third kappa shape index (κ3) is 5.66. The van der Waals surface area contributed by atoms with Crippen LogP contribution in [0, 0.1) is 0 Å². The highest BCUT2D eigenvalue weighted by atomic mass is 16.5. The van der Waals surface area contributed by atoms with Gasteiger partial charge in [-0.1, -0.05) is 6.07 Å². The van der Waals surface area contributed by atoms with E-state index in [2.05, 4.69) is 10.2 Å². The molecule has 1 saturated heterocycles. The van der Waals surface area contributed by atoms with Crippen molar-refractivity contribution >= 4 is 23.2 Å². The Morgan fingerprint density at radius 1 is 0.714 bits per heavy atom. The molecule has 35 heavy (non-hydrogen) atoms. The van der Waals surface area contributed by atoms with Gasteiger partial charge in [-0.2, -0.15) is 0 Å². The zero-order chi connectivity index (χ0) is 24.8. The highest BCUT2D eigenvalue weighted by molar-refractivity contribution is 6.04. The Kier molecular flexibility index (Phi) is 7.40. The van der Waals surface area contributed by atoms with Crippen molar-refractivity contribution in [1.29, 1.82) is 0 Å². The molecule has 1 N–H and O–H groups in total. The second kappa shape index (κ2) is 10.8. The minimum Gasteiger partial charge on any atom is -0.497 e. The van der Waals surface area contributed by atoms with E-state index < -0.39 is 0 Å². The molecule has 4 rings (SSSR count). The summed E-state index contributed by atoms with van der Waals surface area (Å²) in [6.45, 7) is 2.63. The number of rotatable bonds is 7. The lowest BCUT2D eigenvalue weighted by Crippen LogP contribution is -2.48. The molecule has 0 aromatic heterocycles. The molecular weight excluding hydrogens is 446 g/mol. The summed E-state index contributed by atoms with van der Waals surface area (Å²) in [5.41, 5.74) is 2.83. The first-order valence-electron chi connectivity index (χ1n) is 11.3. The first kappa shape index (κ1) is 23.9. The predicted octanol–water partition coefficient (Wildman–Crippen LogP) is 3.93. The minimum atomic E-state index is -0.196. The molecule has 0 bridgehead atoms. The van der Waals surface area contributed by atoms with Crippen LogP contribution in [0.15, 0.2) is 66.7 Å². The number of amides is 2. The van der Waals surface area contributed by atoms with Crippen molar-refractivity contribution < 1.29 is 23.8 Å². The number of hydrogen-bond acceptors (Lipinski definition) is 6. The zero-order valence-corrected chi connectivity index (χ0v) is 20.1. The fourth-order valence-corrected chi connectivity index (χ4v) is 4.00. The first-order valence-corrected chi connectivity index (χ1v) is 11.3. The van der Waals surface area contributed by atoms with Gasteiger partial charge in [0.2, 0.25) is 0 Å². The lowest BCUT2D eigenvalue weighted by molar-refractivity contribution is 0.0746. The monoisotopic (exact) mass is 475 g/mol. The Morgan fingerprint density at radius 3 is 1.91 bits per heavy atom. The third-order valence-electron chi connectivity index (χ3n) is 5.99. The second-order valence-electron chi connectivity index (χ2n) is 8.11. The summed E-state index contributed by atoms with van der Waals surface area (Å²) in [7, 11) is 4.70. The van der Waals surface area contributed by atoms with Gasteiger partial charge in [-0.3, -0.25) is 9.59 Å². The molecule has 182 valence electrons. The van der Waals surface area contributed by atoms with E-state index in [1.54, 1.807) is 63.8 Å². The van der Waals surface area contributed by atoms with Crippen LogP contribution in [0.2, 0.25) is 0 Å². The topological polar surface area (TPSA) is 80.3 Å². The Morgan fingerprint density at radius 2 is 1.31 bits per heavy atom. The molecule has 0 atom stereocenters. The summed E-state index contributed by atoms with van der Waals surface area (Å²) >= 11 is 0. The quantitative estimate of drug-likeness (QED) is 0.558. The maximum absolute atomic E-state index is 13.0. The van der Waals surface area contributed by atoms with E-state index >= 15 is 0 Å². The number of methoxy groups -OCH3 is 3. The van der Waals surface area contributed by atoms with Gasteiger partial charge in [-0.15, -0.1) is 0 Å². The number of carbonyl (C=O) groups excluding carboxylic acids is 2. The number of benzene rings is 3. The van der Waals surface area contributed by atoms with E-state index in [1.807, 2.05) is 29.2 Å². The number of piperazine rings is 1. The largest absolute Gasteiger partial charge is 0.497 e. The third-order valence-corrected chi connectivity index (χ3v) is 5.99. The summed E-state index contributed by atoms with van der Waals surface area (Å²) in [4.78, 5) is 29.6. The smallest absolute Gasteiger partial charge is 0.255 e. The van der Waals surface area contributed by atoms with Crippen LogP contribution in [-0.4, -0.2) is 64.2 Å². The van der Waals surface area contributed by atoms with Crippen molar-refractivity contribution in [3.63, 3.8) is 0 Å². The summed E-state index contributed by atoms with van der Waals surface area (Å²) < 4.78 is 15.8. The Balaban J connectivity index is 1.35. The van der Waals surface area contributed by atoms with Crippen molar-refractivity contribution in [2.75, 3.05) is 57.7 Å². The van der Waals surface area contributed by atoms with Crippen molar-refractivity contribution in [2.24, 2.45) is 0 Å². The summed E-state index contributed by atoms with van der Waals surface area (Å²) in [6, 6.07) is 20.0. The molecule has 2 amide bonds. The van der Waals surface area contributed by atoms with Crippen molar-refractivity contribution in [3.8, 4) is 17.2 Å². The van der Waals surface area contributed by atoms with Gasteiger partial charge >= 0.3 is 0 Å². The van der Waals surface area contributed by atoms with Gasteiger partial charge in [-0.05, 0) is 54.6 Å². The van der Waals surface area contributed by atoms with Crippen LogP contribution >= 0.6 is 0 Å². The van der Waals surface area contributed by atoms with E-state index in [9.17, 15) is 9.59 Å². The molecule has 8 heteroatoms. The summed E-state index contributed by atoms with van der Waals surface area (Å²) in [5, 5.41) is 2.91. The van der Waals surface area contributed by atoms with E-state index in [-0.39, 0.29) is 11.8 Å². The van der Waals surface area contributed by atoms with Crippen LogP contribution in [0.1, 0.15) is 20.7 Å². The average molecular weight is 476 g/mol. The highest BCUT2D eigenvalue weighted by Crippen LogP contribution is 2.25. The normalized spacial score (nSPS) is 13.2.